The molecule has 2 aromatic carbocycles. The van der Waals surface area contributed by atoms with E-state index in [1.165, 1.54) is 0 Å². The topological polar surface area (TPSA) is 71.0 Å². The number of likely N-dealkylation sites (tertiary alicyclic amines) is 1. The standard InChI is InChI=1S/C22H26Cl2N2O4/c23-16-1-5-20(6-2-16)29-14-19(27)13-26-11-9-18(10-12-26)25-22(28)15-30-21-7-3-17(24)4-8-21/h1-8,18-19,27H,9-15H2,(H,25,28)/t19-/m1/s1. The molecule has 1 heterocycles. The van der Waals surface area contributed by atoms with E-state index in [-0.39, 0.29) is 25.2 Å². The molecule has 162 valence electrons. The van der Waals surface area contributed by atoms with E-state index in [4.69, 9.17) is 32.7 Å². The van der Waals surface area contributed by atoms with Crippen LogP contribution in [0.15, 0.2) is 48.5 Å². The molecule has 2 aromatic rings. The second kappa shape index (κ2) is 11.4. The first-order valence-electron chi connectivity index (χ1n) is 9.94. The molecule has 30 heavy (non-hydrogen) atoms. The van der Waals surface area contributed by atoms with Crippen molar-refractivity contribution in [2.24, 2.45) is 0 Å². The average molecular weight is 453 g/mol. The highest BCUT2D eigenvalue weighted by Crippen LogP contribution is 2.17. The number of ether oxygens (including phenoxy) is 2. The number of rotatable bonds is 9. The maximum Gasteiger partial charge on any atom is 0.258 e. The van der Waals surface area contributed by atoms with Gasteiger partial charge >= 0.3 is 0 Å². The fourth-order valence-electron chi connectivity index (χ4n) is 3.28. The second-order valence-corrected chi connectivity index (χ2v) is 8.18. The second-order valence-electron chi connectivity index (χ2n) is 7.30. The van der Waals surface area contributed by atoms with Crippen LogP contribution in [0.2, 0.25) is 10.0 Å². The smallest absolute Gasteiger partial charge is 0.258 e. The van der Waals surface area contributed by atoms with Crippen LogP contribution in [-0.2, 0) is 4.79 Å². The van der Waals surface area contributed by atoms with E-state index < -0.39 is 6.10 Å². The number of nitrogens with one attached hydrogen (secondary N) is 1. The fraction of sp³-hybridized carbons (Fsp3) is 0.409. The summed E-state index contributed by atoms with van der Waals surface area (Å²) in [6.07, 6.45) is 1.08. The molecule has 0 bridgehead atoms. The molecule has 3 rings (SSSR count). The zero-order valence-corrected chi connectivity index (χ0v) is 18.1. The molecule has 0 radical (unpaired) electrons. The Morgan fingerprint density at radius 1 is 1.00 bits per heavy atom. The first-order valence-corrected chi connectivity index (χ1v) is 10.7. The molecular formula is C22H26Cl2N2O4. The van der Waals surface area contributed by atoms with Gasteiger partial charge in [-0.1, -0.05) is 23.2 Å². The third-order valence-electron chi connectivity index (χ3n) is 4.86. The van der Waals surface area contributed by atoms with Gasteiger partial charge in [0.1, 0.15) is 24.2 Å². The van der Waals surface area contributed by atoms with Gasteiger partial charge in [0.05, 0.1) is 0 Å². The first kappa shape index (κ1) is 22.7. The van der Waals surface area contributed by atoms with Crippen molar-refractivity contribution < 1.29 is 19.4 Å². The first-order chi connectivity index (χ1) is 14.5. The molecule has 0 saturated carbocycles. The minimum absolute atomic E-state index is 0.0252. The average Bonchev–Trinajstić information content (AvgIpc) is 2.74. The van der Waals surface area contributed by atoms with Gasteiger partial charge in [0.25, 0.3) is 5.91 Å². The molecule has 1 amide bonds. The fourth-order valence-corrected chi connectivity index (χ4v) is 3.53. The highest BCUT2D eigenvalue weighted by molar-refractivity contribution is 6.30. The van der Waals surface area contributed by atoms with Gasteiger partial charge in [0.2, 0.25) is 0 Å². The summed E-state index contributed by atoms with van der Waals surface area (Å²) in [6, 6.07) is 14.1. The molecule has 8 heteroatoms. The summed E-state index contributed by atoms with van der Waals surface area (Å²) in [4.78, 5) is 14.3. The number of aliphatic hydroxyl groups is 1. The van der Waals surface area contributed by atoms with E-state index >= 15 is 0 Å². The minimum Gasteiger partial charge on any atom is -0.491 e. The van der Waals surface area contributed by atoms with Crippen LogP contribution in [-0.4, -0.2) is 60.9 Å². The maximum absolute atomic E-state index is 12.1. The Bertz CT molecular complexity index is 794. The van der Waals surface area contributed by atoms with E-state index in [1.807, 2.05) is 0 Å². The lowest BCUT2D eigenvalue weighted by Crippen LogP contribution is -2.48. The number of hydrogen-bond donors (Lipinski definition) is 2. The van der Waals surface area contributed by atoms with Crippen LogP contribution >= 0.6 is 23.2 Å². The van der Waals surface area contributed by atoms with Crippen molar-refractivity contribution in [1.82, 2.24) is 10.2 Å². The van der Waals surface area contributed by atoms with E-state index in [1.54, 1.807) is 48.5 Å². The summed E-state index contributed by atoms with van der Waals surface area (Å²) in [7, 11) is 0. The summed E-state index contributed by atoms with van der Waals surface area (Å²) in [5.41, 5.74) is 0. The van der Waals surface area contributed by atoms with Crippen LogP contribution in [0.25, 0.3) is 0 Å². The van der Waals surface area contributed by atoms with E-state index in [0.29, 0.717) is 28.1 Å². The Morgan fingerprint density at radius 2 is 1.53 bits per heavy atom. The number of carbonyl (C=O) groups is 1. The maximum atomic E-state index is 12.1. The number of halogens is 2. The number of carbonyl (C=O) groups excluding carboxylic acids is 1. The van der Waals surface area contributed by atoms with Gasteiger partial charge in [-0.2, -0.15) is 0 Å². The summed E-state index contributed by atoms with van der Waals surface area (Å²) < 4.78 is 11.1. The summed E-state index contributed by atoms with van der Waals surface area (Å²) >= 11 is 11.7. The van der Waals surface area contributed by atoms with Crippen LogP contribution in [0.3, 0.4) is 0 Å². The summed E-state index contributed by atoms with van der Waals surface area (Å²) in [6.45, 7) is 2.35. The Kier molecular flexibility index (Phi) is 8.63. The molecule has 1 fully saturated rings. The highest BCUT2D eigenvalue weighted by Gasteiger charge is 2.22. The zero-order chi connectivity index (χ0) is 21.3. The van der Waals surface area contributed by atoms with Gasteiger partial charge in [-0.25, -0.2) is 0 Å². The number of hydrogen-bond acceptors (Lipinski definition) is 5. The van der Waals surface area contributed by atoms with E-state index in [9.17, 15) is 9.90 Å². The van der Waals surface area contributed by atoms with Crippen molar-refractivity contribution in [3.63, 3.8) is 0 Å². The molecule has 2 N–H and O–H groups in total. The highest BCUT2D eigenvalue weighted by atomic mass is 35.5. The van der Waals surface area contributed by atoms with Crippen LogP contribution in [0.5, 0.6) is 11.5 Å². The predicted octanol–water partition coefficient (Wildman–Crippen LogP) is 3.39. The number of aliphatic hydroxyl groups excluding tert-OH is 1. The van der Waals surface area contributed by atoms with Gasteiger partial charge in [0.15, 0.2) is 6.61 Å². The van der Waals surface area contributed by atoms with Gasteiger partial charge < -0.3 is 24.8 Å². The van der Waals surface area contributed by atoms with Crippen molar-refractivity contribution >= 4 is 29.1 Å². The summed E-state index contributed by atoms with van der Waals surface area (Å²) in [5, 5.41) is 14.5. The van der Waals surface area contributed by atoms with Gasteiger partial charge in [-0.05, 0) is 61.4 Å². The monoisotopic (exact) mass is 452 g/mol. The largest absolute Gasteiger partial charge is 0.491 e. The SMILES string of the molecule is O=C(COc1ccc(Cl)cc1)NC1CCN(C[C@@H](O)COc2ccc(Cl)cc2)CC1. The Morgan fingerprint density at radius 3 is 2.10 bits per heavy atom. The number of benzene rings is 2. The van der Waals surface area contributed by atoms with E-state index in [2.05, 4.69) is 10.2 Å². The number of nitrogens with zero attached hydrogens (tertiary/aromatic N) is 1. The Labute approximate surface area is 186 Å². The van der Waals surface area contributed by atoms with Crippen LogP contribution in [0.4, 0.5) is 0 Å². The van der Waals surface area contributed by atoms with Crippen LogP contribution in [0, 0.1) is 0 Å². The van der Waals surface area contributed by atoms with Gasteiger partial charge in [-0.15, -0.1) is 0 Å². The summed E-state index contributed by atoms with van der Waals surface area (Å²) in [5.74, 6) is 1.15. The molecule has 1 saturated heterocycles. The third-order valence-corrected chi connectivity index (χ3v) is 5.37. The van der Waals surface area contributed by atoms with Crippen molar-refractivity contribution in [3.8, 4) is 11.5 Å². The number of β-amino-alcohol motifs (C(OH)–C–C–N with tert-alkyl or cyclic N) is 1. The molecule has 1 atom stereocenters. The lowest BCUT2D eigenvalue weighted by Gasteiger charge is -2.33. The van der Waals surface area contributed by atoms with Gasteiger partial charge in [-0.3, -0.25) is 4.79 Å². The van der Waals surface area contributed by atoms with Crippen molar-refractivity contribution in [1.29, 1.82) is 0 Å². The Balaban J connectivity index is 1.30. The molecule has 1 aliphatic heterocycles. The van der Waals surface area contributed by atoms with Crippen molar-refractivity contribution in [2.75, 3.05) is 32.8 Å². The lowest BCUT2D eigenvalue weighted by molar-refractivity contribution is -0.124. The minimum atomic E-state index is -0.584. The number of piperidine rings is 1. The molecule has 0 aromatic heterocycles. The van der Waals surface area contributed by atoms with Crippen molar-refractivity contribution in [2.45, 2.75) is 25.0 Å². The van der Waals surface area contributed by atoms with Crippen molar-refractivity contribution in [3.05, 3.63) is 58.6 Å². The molecule has 0 aliphatic carbocycles. The molecule has 6 nitrogen and oxygen atoms in total. The normalized spacial score (nSPS) is 16.1. The lowest BCUT2D eigenvalue weighted by atomic mass is 10.0. The number of amides is 1. The predicted molar refractivity (Wildman–Crippen MR) is 118 cm³/mol. The van der Waals surface area contributed by atoms with E-state index in [0.717, 1.165) is 25.9 Å². The molecule has 1 aliphatic rings. The van der Waals surface area contributed by atoms with Gasteiger partial charge in [0, 0.05) is 35.7 Å². The Hall–Kier alpha value is -1.99. The van der Waals surface area contributed by atoms with Crippen LogP contribution < -0.4 is 14.8 Å². The van der Waals surface area contributed by atoms with Crippen LogP contribution in [0.1, 0.15) is 12.8 Å². The third kappa shape index (κ3) is 7.69. The quantitative estimate of drug-likeness (QED) is 0.609. The molecule has 0 unspecified atom stereocenters. The molecule has 0 spiro atoms. The zero-order valence-electron chi connectivity index (χ0n) is 16.6. The molecular weight excluding hydrogens is 427 g/mol.